The largest absolute Gasteiger partial charge is 0.294 e. The van der Waals surface area contributed by atoms with Gasteiger partial charge in [0, 0.05) is 37.7 Å². The van der Waals surface area contributed by atoms with Gasteiger partial charge in [0.2, 0.25) is 0 Å². The number of nitrogens with zero attached hydrogens (tertiary/aromatic N) is 2. The molecule has 1 fully saturated rings. The molecule has 0 amide bonds. The van der Waals surface area contributed by atoms with Gasteiger partial charge in [-0.1, -0.05) is 48.0 Å². The van der Waals surface area contributed by atoms with E-state index in [4.69, 9.17) is 11.6 Å². The topological polar surface area (TPSA) is 63.5 Å². The average molecular weight is 357 g/mol. The molecule has 0 bridgehead atoms. The summed E-state index contributed by atoms with van der Waals surface area (Å²) in [7, 11) is 0. The zero-order valence-electron chi connectivity index (χ0n) is 13.5. The number of nitro groups is 1. The summed E-state index contributed by atoms with van der Waals surface area (Å²) in [6, 6.07) is 14.7. The van der Waals surface area contributed by atoms with Crippen molar-refractivity contribution in [3.63, 3.8) is 0 Å². The molecule has 0 aliphatic carbocycles. The highest BCUT2D eigenvalue weighted by atomic mass is 35.5. The van der Waals surface area contributed by atoms with E-state index in [0.29, 0.717) is 30.6 Å². The molecule has 0 radical (unpaired) electrons. The summed E-state index contributed by atoms with van der Waals surface area (Å²) in [4.78, 5) is 24.9. The Morgan fingerprint density at radius 2 is 1.96 bits per heavy atom. The van der Waals surface area contributed by atoms with Gasteiger partial charge in [0.15, 0.2) is 5.78 Å². The van der Waals surface area contributed by atoms with Gasteiger partial charge in [0.1, 0.15) is 5.02 Å². The maximum Gasteiger partial charge on any atom is 0.288 e. The van der Waals surface area contributed by atoms with Crippen LogP contribution in [0.4, 0.5) is 5.69 Å². The lowest BCUT2D eigenvalue weighted by Gasteiger charge is -2.27. The number of rotatable bonds is 4. The lowest BCUT2D eigenvalue weighted by atomic mass is 9.99. The van der Waals surface area contributed by atoms with Crippen LogP contribution in [0.5, 0.6) is 0 Å². The quantitative estimate of drug-likeness (QED) is 0.470. The van der Waals surface area contributed by atoms with Crippen LogP contribution in [0.25, 0.3) is 6.08 Å². The van der Waals surface area contributed by atoms with Gasteiger partial charge in [0.05, 0.1) is 4.92 Å². The van der Waals surface area contributed by atoms with Crippen molar-refractivity contribution in [2.75, 3.05) is 13.1 Å². The molecule has 128 valence electrons. The number of piperidine rings is 1. The number of benzene rings is 2. The zero-order valence-corrected chi connectivity index (χ0v) is 14.3. The number of halogens is 1. The van der Waals surface area contributed by atoms with Gasteiger partial charge in [0.25, 0.3) is 5.69 Å². The lowest BCUT2D eigenvalue weighted by Crippen LogP contribution is -2.35. The first-order valence-electron chi connectivity index (χ1n) is 7.97. The normalized spacial score (nSPS) is 17.0. The molecule has 1 saturated heterocycles. The summed E-state index contributed by atoms with van der Waals surface area (Å²) in [5.41, 5.74) is 2.32. The highest BCUT2D eigenvalue weighted by molar-refractivity contribution is 6.32. The number of hydrogen-bond donors (Lipinski definition) is 0. The molecule has 5 nitrogen and oxygen atoms in total. The third-order valence-corrected chi connectivity index (χ3v) is 4.48. The van der Waals surface area contributed by atoms with E-state index in [0.717, 1.165) is 6.54 Å². The number of ketones is 1. The minimum Gasteiger partial charge on any atom is -0.294 e. The Hall–Kier alpha value is -2.50. The van der Waals surface area contributed by atoms with Crippen LogP contribution in [-0.4, -0.2) is 28.7 Å². The predicted molar refractivity (Wildman–Crippen MR) is 97.4 cm³/mol. The maximum atomic E-state index is 12.2. The van der Waals surface area contributed by atoms with Crippen LogP contribution in [0.3, 0.4) is 0 Å². The molecule has 0 saturated carbocycles. The summed E-state index contributed by atoms with van der Waals surface area (Å²) >= 11 is 5.84. The van der Waals surface area contributed by atoms with Gasteiger partial charge < -0.3 is 0 Å². The van der Waals surface area contributed by atoms with Gasteiger partial charge in [-0.15, -0.1) is 0 Å². The van der Waals surface area contributed by atoms with E-state index in [1.165, 1.54) is 17.7 Å². The minimum atomic E-state index is -0.519. The number of Topliss-reactive ketones (excluding diaryl/α,β-unsaturated/α-hetero) is 1. The highest BCUT2D eigenvalue weighted by Gasteiger charge is 2.22. The van der Waals surface area contributed by atoms with Crippen molar-refractivity contribution in [1.29, 1.82) is 0 Å². The molecule has 1 heterocycles. The van der Waals surface area contributed by atoms with Crippen LogP contribution in [0.1, 0.15) is 17.5 Å². The maximum absolute atomic E-state index is 12.2. The van der Waals surface area contributed by atoms with E-state index >= 15 is 0 Å². The van der Waals surface area contributed by atoms with E-state index in [2.05, 4.69) is 17.0 Å². The predicted octanol–water partition coefficient (Wildman–Crippen LogP) is 4.11. The van der Waals surface area contributed by atoms with E-state index in [9.17, 15) is 14.9 Å². The summed E-state index contributed by atoms with van der Waals surface area (Å²) in [5.74, 6) is 0.0851. The van der Waals surface area contributed by atoms with E-state index in [1.54, 1.807) is 12.1 Å². The van der Waals surface area contributed by atoms with Crippen molar-refractivity contribution in [2.24, 2.45) is 0 Å². The number of carbonyl (C=O) groups excluding carboxylic acids is 1. The second kappa shape index (κ2) is 7.59. The van der Waals surface area contributed by atoms with Crippen LogP contribution in [0.15, 0.2) is 54.1 Å². The van der Waals surface area contributed by atoms with Crippen LogP contribution >= 0.6 is 11.6 Å². The second-order valence-corrected chi connectivity index (χ2v) is 6.41. The van der Waals surface area contributed by atoms with Crippen molar-refractivity contribution in [2.45, 2.75) is 13.0 Å². The second-order valence-electron chi connectivity index (χ2n) is 6.01. The van der Waals surface area contributed by atoms with Gasteiger partial charge in [-0.3, -0.25) is 19.8 Å². The molecule has 3 rings (SSSR count). The van der Waals surface area contributed by atoms with Crippen LogP contribution < -0.4 is 0 Å². The molecule has 25 heavy (non-hydrogen) atoms. The van der Waals surface area contributed by atoms with Gasteiger partial charge in [-0.2, -0.15) is 0 Å². The van der Waals surface area contributed by atoms with E-state index < -0.39 is 4.92 Å². The average Bonchev–Trinajstić information content (AvgIpc) is 2.60. The third-order valence-electron chi connectivity index (χ3n) is 4.16. The summed E-state index contributed by atoms with van der Waals surface area (Å²) in [6.07, 6.45) is 2.18. The van der Waals surface area contributed by atoms with Crippen molar-refractivity contribution in [3.05, 3.63) is 80.4 Å². The third kappa shape index (κ3) is 4.32. The van der Waals surface area contributed by atoms with Crippen molar-refractivity contribution in [1.82, 2.24) is 4.90 Å². The van der Waals surface area contributed by atoms with Crippen molar-refractivity contribution >= 4 is 29.1 Å². The molecule has 0 N–H and O–H groups in total. The van der Waals surface area contributed by atoms with Crippen LogP contribution in [0.2, 0.25) is 5.02 Å². The monoisotopic (exact) mass is 356 g/mol. The molecule has 6 heteroatoms. The molecule has 0 unspecified atom stereocenters. The Bertz CT molecular complexity index is 834. The first kappa shape index (κ1) is 17.3. The summed E-state index contributed by atoms with van der Waals surface area (Å²) < 4.78 is 0. The molecule has 2 aromatic rings. The van der Waals surface area contributed by atoms with Crippen LogP contribution in [0, 0.1) is 10.1 Å². The van der Waals surface area contributed by atoms with Crippen molar-refractivity contribution in [3.8, 4) is 0 Å². The number of hydrogen-bond acceptors (Lipinski definition) is 4. The SMILES string of the molecule is O=C1CCN(Cc2ccccc2)C/C1=C\c1ccc(Cl)c([N+](=O)[O-])c1. The molecule has 1 aliphatic heterocycles. The smallest absolute Gasteiger partial charge is 0.288 e. The molecule has 2 aromatic carbocycles. The Labute approximate surface area is 150 Å². The van der Waals surface area contributed by atoms with Gasteiger partial charge >= 0.3 is 0 Å². The Balaban J connectivity index is 1.80. The molecule has 0 spiro atoms. The number of carbonyl (C=O) groups is 1. The fraction of sp³-hybridized carbons (Fsp3) is 0.211. The van der Waals surface area contributed by atoms with Gasteiger partial charge in [-0.25, -0.2) is 0 Å². The fourth-order valence-electron chi connectivity index (χ4n) is 2.89. The molecule has 0 aromatic heterocycles. The fourth-order valence-corrected chi connectivity index (χ4v) is 3.08. The standard InChI is InChI=1S/C19H17ClN2O3/c20-17-7-6-15(11-18(17)22(24)25)10-16-13-21(9-8-19(16)23)12-14-4-2-1-3-5-14/h1-7,10-11H,8-9,12-13H2/b16-10+. The molecular formula is C19H17ClN2O3. The first-order valence-corrected chi connectivity index (χ1v) is 8.35. The Kier molecular flexibility index (Phi) is 5.26. The summed E-state index contributed by atoms with van der Waals surface area (Å²) in [6.45, 7) is 2.02. The minimum absolute atomic E-state index is 0.0851. The van der Waals surface area contributed by atoms with Gasteiger partial charge in [-0.05, 0) is 23.3 Å². The number of nitro benzene ring substituents is 1. The lowest BCUT2D eigenvalue weighted by molar-refractivity contribution is -0.384. The zero-order chi connectivity index (χ0) is 17.8. The van der Waals surface area contributed by atoms with Crippen molar-refractivity contribution < 1.29 is 9.72 Å². The summed E-state index contributed by atoms with van der Waals surface area (Å²) in [5, 5.41) is 11.1. The molecular weight excluding hydrogens is 340 g/mol. The van der Waals surface area contributed by atoms with E-state index in [1.807, 2.05) is 18.2 Å². The molecule has 1 aliphatic rings. The highest BCUT2D eigenvalue weighted by Crippen LogP contribution is 2.27. The van der Waals surface area contributed by atoms with E-state index in [-0.39, 0.29) is 16.5 Å². The Morgan fingerprint density at radius 1 is 1.20 bits per heavy atom. The Morgan fingerprint density at radius 3 is 2.68 bits per heavy atom. The molecule has 0 atom stereocenters. The number of likely N-dealkylation sites (tertiary alicyclic amines) is 1. The van der Waals surface area contributed by atoms with Crippen LogP contribution in [-0.2, 0) is 11.3 Å². The first-order chi connectivity index (χ1) is 12.0.